The molecule has 1 aromatic heterocycles. The molecular formula is C7H5F3N2O3. The van der Waals surface area contributed by atoms with Crippen molar-refractivity contribution in [3.8, 4) is 5.88 Å². The Bertz CT molecular complexity index is 349. The Balaban J connectivity index is 2.61. The van der Waals surface area contributed by atoms with E-state index in [0.29, 0.717) is 0 Å². The second kappa shape index (κ2) is 4.11. The molecule has 0 saturated heterocycles. The zero-order valence-electron chi connectivity index (χ0n) is 7.15. The molecule has 0 spiro atoms. The van der Waals surface area contributed by atoms with Crippen LogP contribution in [0.4, 0.5) is 13.2 Å². The van der Waals surface area contributed by atoms with E-state index in [9.17, 15) is 18.0 Å². The summed E-state index contributed by atoms with van der Waals surface area (Å²) in [4.78, 5) is 10.3. The molecule has 1 N–H and O–H groups in total. The number of aromatic carboxylic acids is 1. The first kappa shape index (κ1) is 11.2. The Hall–Kier alpha value is -1.86. The molecule has 82 valence electrons. The summed E-state index contributed by atoms with van der Waals surface area (Å²) in [5.74, 6) is -1.69. The fourth-order valence-corrected chi connectivity index (χ4v) is 0.667. The quantitative estimate of drug-likeness (QED) is 0.829. The summed E-state index contributed by atoms with van der Waals surface area (Å²) >= 11 is 0. The Morgan fingerprint density at radius 2 is 2.07 bits per heavy atom. The average Bonchev–Trinajstić information content (AvgIpc) is 2.14. The third kappa shape index (κ3) is 3.79. The molecule has 0 fully saturated rings. The third-order valence-corrected chi connectivity index (χ3v) is 1.24. The van der Waals surface area contributed by atoms with Crippen LogP contribution in [0.1, 0.15) is 10.5 Å². The number of carbonyl (C=O) groups is 1. The monoisotopic (exact) mass is 222 g/mol. The summed E-state index contributed by atoms with van der Waals surface area (Å²) in [6.07, 6.45) is -4.47. The maximum absolute atomic E-state index is 11.7. The maximum Gasteiger partial charge on any atom is 0.422 e. The molecule has 0 aliphatic rings. The van der Waals surface area contributed by atoms with Gasteiger partial charge in [-0.15, -0.1) is 10.2 Å². The molecule has 1 rings (SSSR count). The van der Waals surface area contributed by atoms with Crippen LogP contribution in [0.25, 0.3) is 0 Å². The van der Waals surface area contributed by atoms with Gasteiger partial charge in [0.25, 0.3) is 0 Å². The van der Waals surface area contributed by atoms with Crippen molar-refractivity contribution in [2.24, 2.45) is 0 Å². The van der Waals surface area contributed by atoms with Gasteiger partial charge in [-0.3, -0.25) is 0 Å². The zero-order chi connectivity index (χ0) is 11.5. The van der Waals surface area contributed by atoms with Crippen LogP contribution >= 0.6 is 0 Å². The van der Waals surface area contributed by atoms with E-state index in [-0.39, 0.29) is 11.6 Å². The van der Waals surface area contributed by atoms with E-state index in [2.05, 4.69) is 14.9 Å². The molecule has 0 saturated carbocycles. The summed E-state index contributed by atoms with van der Waals surface area (Å²) in [5, 5.41) is 14.7. The summed E-state index contributed by atoms with van der Waals surface area (Å²) in [6.45, 7) is -1.49. The fraction of sp³-hybridized carbons (Fsp3) is 0.286. The van der Waals surface area contributed by atoms with Crippen molar-refractivity contribution in [3.05, 3.63) is 17.8 Å². The summed E-state index contributed by atoms with van der Waals surface area (Å²) in [5.41, 5.74) is -0.366. The van der Waals surface area contributed by atoms with Crippen LogP contribution in [0, 0.1) is 0 Å². The fourth-order valence-electron chi connectivity index (χ4n) is 0.667. The van der Waals surface area contributed by atoms with Crippen LogP contribution in [0.5, 0.6) is 5.88 Å². The highest BCUT2D eigenvalue weighted by molar-refractivity contribution is 5.84. The molecule has 15 heavy (non-hydrogen) atoms. The Kier molecular flexibility index (Phi) is 3.08. The molecule has 8 heteroatoms. The van der Waals surface area contributed by atoms with Crippen LogP contribution in [0.15, 0.2) is 12.1 Å². The van der Waals surface area contributed by atoms with Gasteiger partial charge in [-0.25, -0.2) is 4.79 Å². The highest BCUT2D eigenvalue weighted by Gasteiger charge is 2.28. The van der Waals surface area contributed by atoms with Gasteiger partial charge in [-0.1, -0.05) is 0 Å². The van der Waals surface area contributed by atoms with Gasteiger partial charge in [0.15, 0.2) is 12.3 Å². The molecule has 0 atom stereocenters. The number of carboxylic acids is 1. The van der Waals surface area contributed by atoms with Gasteiger partial charge < -0.3 is 9.84 Å². The number of carboxylic acid groups (broad SMARTS) is 1. The minimum Gasteiger partial charge on any atom is -0.476 e. The number of hydrogen-bond donors (Lipinski definition) is 1. The minimum absolute atomic E-state index is 0.366. The van der Waals surface area contributed by atoms with Crippen molar-refractivity contribution in [3.63, 3.8) is 0 Å². The van der Waals surface area contributed by atoms with Crippen LogP contribution in [-0.4, -0.2) is 34.1 Å². The van der Waals surface area contributed by atoms with Gasteiger partial charge in [-0.05, 0) is 6.07 Å². The molecule has 1 aromatic rings. The standard InChI is InChI=1S/C7H5F3N2O3/c8-7(9,10)3-15-5-2-1-4(6(13)14)11-12-5/h1-2H,3H2,(H,13,14). The number of nitrogens with zero attached hydrogens (tertiary/aromatic N) is 2. The van der Waals surface area contributed by atoms with Crippen molar-refractivity contribution < 1.29 is 27.8 Å². The molecule has 0 unspecified atom stereocenters. The number of aromatic nitrogens is 2. The first-order valence-electron chi connectivity index (χ1n) is 3.65. The van der Waals surface area contributed by atoms with Crippen molar-refractivity contribution in [1.29, 1.82) is 0 Å². The van der Waals surface area contributed by atoms with Crippen LogP contribution < -0.4 is 4.74 Å². The molecule has 1 heterocycles. The highest BCUT2D eigenvalue weighted by Crippen LogP contribution is 2.16. The number of halogens is 3. The summed E-state index contributed by atoms with van der Waals surface area (Å²) in [6, 6.07) is 2.00. The van der Waals surface area contributed by atoms with Gasteiger partial charge in [0.2, 0.25) is 5.88 Å². The van der Waals surface area contributed by atoms with Crippen molar-refractivity contribution >= 4 is 5.97 Å². The second-order valence-electron chi connectivity index (χ2n) is 2.47. The Labute approximate surface area is 81.5 Å². The number of ether oxygens (including phenoxy) is 1. The zero-order valence-corrected chi connectivity index (χ0v) is 7.15. The van der Waals surface area contributed by atoms with Crippen molar-refractivity contribution in [2.75, 3.05) is 6.61 Å². The van der Waals surface area contributed by atoms with Gasteiger partial charge in [0.05, 0.1) is 0 Å². The molecule has 5 nitrogen and oxygen atoms in total. The highest BCUT2D eigenvalue weighted by atomic mass is 19.4. The van der Waals surface area contributed by atoms with Gasteiger partial charge in [-0.2, -0.15) is 13.2 Å². The van der Waals surface area contributed by atoms with E-state index in [4.69, 9.17) is 5.11 Å². The van der Waals surface area contributed by atoms with E-state index >= 15 is 0 Å². The largest absolute Gasteiger partial charge is 0.476 e. The summed E-state index contributed by atoms with van der Waals surface area (Å²) < 4.78 is 39.3. The summed E-state index contributed by atoms with van der Waals surface area (Å²) in [7, 11) is 0. The molecule has 0 radical (unpaired) electrons. The molecule has 0 bridgehead atoms. The van der Waals surface area contributed by atoms with Gasteiger partial charge in [0.1, 0.15) is 0 Å². The minimum atomic E-state index is -4.47. The van der Waals surface area contributed by atoms with E-state index in [0.717, 1.165) is 12.1 Å². The predicted octanol–water partition coefficient (Wildman–Crippen LogP) is 1.12. The van der Waals surface area contributed by atoms with Crippen LogP contribution in [0.3, 0.4) is 0 Å². The van der Waals surface area contributed by atoms with E-state index in [1.807, 2.05) is 0 Å². The van der Waals surface area contributed by atoms with Crippen LogP contribution in [-0.2, 0) is 0 Å². The molecular weight excluding hydrogens is 217 g/mol. The Morgan fingerprint density at radius 3 is 2.47 bits per heavy atom. The molecule has 0 aliphatic heterocycles. The van der Waals surface area contributed by atoms with Crippen molar-refractivity contribution in [2.45, 2.75) is 6.18 Å². The number of rotatable bonds is 3. The van der Waals surface area contributed by atoms with Gasteiger partial charge in [0, 0.05) is 6.07 Å². The third-order valence-electron chi connectivity index (χ3n) is 1.24. The normalized spacial score (nSPS) is 11.1. The van der Waals surface area contributed by atoms with Crippen LogP contribution in [0.2, 0.25) is 0 Å². The van der Waals surface area contributed by atoms with E-state index in [1.165, 1.54) is 0 Å². The lowest BCUT2D eigenvalue weighted by atomic mass is 10.4. The maximum atomic E-state index is 11.7. The number of hydrogen-bond acceptors (Lipinski definition) is 4. The molecule has 0 amide bonds. The number of alkyl halides is 3. The van der Waals surface area contributed by atoms with E-state index in [1.54, 1.807) is 0 Å². The van der Waals surface area contributed by atoms with Crippen molar-refractivity contribution in [1.82, 2.24) is 10.2 Å². The Morgan fingerprint density at radius 1 is 1.40 bits per heavy atom. The lowest BCUT2D eigenvalue weighted by Gasteiger charge is -2.07. The molecule has 0 aliphatic carbocycles. The second-order valence-corrected chi connectivity index (χ2v) is 2.47. The topological polar surface area (TPSA) is 72.3 Å². The predicted molar refractivity (Wildman–Crippen MR) is 40.5 cm³/mol. The smallest absolute Gasteiger partial charge is 0.422 e. The lowest BCUT2D eigenvalue weighted by Crippen LogP contribution is -2.20. The average molecular weight is 222 g/mol. The van der Waals surface area contributed by atoms with E-state index < -0.39 is 18.8 Å². The lowest BCUT2D eigenvalue weighted by molar-refractivity contribution is -0.154. The first-order valence-corrected chi connectivity index (χ1v) is 3.65. The van der Waals surface area contributed by atoms with Gasteiger partial charge >= 0.3 is 12.1 Å². The molecule has 0 aromatic carbocycles. The SMILES string of the molecule is O=C(O)c1ccc(OCC(F)(F)F)nn1. The first-order chi connectivity index (χ1) is 6.88.